The second kappa shape index (κ2) is 17.2. The van der Waals surface area contributed by atoms with Gasteiger partial charge in [0.15, 0.2) is 5.75 Å². The maximum atomic E-state index is 13.1. The van der Waals surface area contributed by atoms with Crippen LogP contribution >= 0.6 is 36.1 Å². The van der Waals surface area contributed by atoms with Gasteiger partial charge in [-0.05, 0) is 59.3 Å². The van der Waals surface area contributed by atoms with Gasteiger partial charge in [0.05, 0.1) is 39.6 Å². The Bertz CT molecular complexity index is 2450. The van der Waals surface area contributed by atoms with E-state index in [1.165, 1.54) is 42.5 Å². The molecule has 19 nitrogen and oxygen atoms in total. The maximum Gasteiger partial charge on any atom is 0.330 e. The Balaban J connectivity index is 1.64. The zero-order chi connectivity index (χ0) is 38.3. The minimum atomic E-state index is -5.06. The van der Waals surface area contributed by atoms with Gasteiger partial charge in [0.1, 0.15) is 22.0 Å². The lowest BCUT2D eigenvalue weighted by molar-refractivity contribution is -0.432. The summed E-state index contributed by atoms with van der Waals surface area (Å²) < 4.78 is 83.4. The molecular formula is C29H21N3O16S5. The predicted octanol–water partition coefficient (Wildman–Crippen LogP) is 6.91. The van der Waals surface area contributed by atoms with Gasteiger partial charge in [-0.1, -0.05) is 40.4 Å². The second-order valence-electron chi connectivity index (χ2n) is 10.1. The minimum Gasteiger partial charge on any atom is -0.505 e. The molecular weight excluding hydrogens is 807 g/mol. The zero-order valence-corrected chi connectivity index (χ0v) is 30.0. The van der Waals surface area contributed by atoms with Crippen LogP contribution < -0.4 is 5.32 Å². The van der Waals surface area contributed by atoms with Crippen molar-refractivity contribution in [2.24, 2.45) is 10.2 Å². The average molecular weight is 828 g/mol. The second-order valence-corrected chi connectivity index (χ2v) is 15.1. The van der Waals surface area contributed by atoms with Gasteiger partial charge < -0.3 is 14.6 Å². The summed E-state index contributed by atoms with van der Waals surface area (Å²) in [6, 6.07) is 17.5. The van der Waals surface area contributed by atoms with E-state index in [1.807, 2.05) is 0 Å². The molecule has 0 aliphatic rings. The number of fused-ring (bicyclic) bond motifs is 2. The molecule has 0 unspecified atom stereocenters. The summed E-state index contributed by atoms with van der Waals surface area (Å²) in [6.07, 6.45) is 0. The number of phenolic OH excluding ortho intramolecular Hbond substituents is 1. The Morgan fingerprint density at radius 3 is 2.19 bits per heavy atom. The highest BCUT2D eigenvalue weighted by Gasteiger charge is 2.24. The van der Waals surface area contributed by atoms with Crippen molar-refractivity contribution < 1.29 is 74.1 Å². The van der Waals surface area contributed by atoms with Crippen molar-refractivity contribution in [3.63, 3.8) is 0 Å². The van der Waals surface area contributed by atoms with Gasteiger partial charge in [-0.3, -0.25) is 18.7 Å². The first-order chi connectivity index (χ1) is 25.2. The van der Waals surface area contributed by atoms with E-state index in [4.69, 9.17) is 14.7 Å². The van der Waals surface area contributed by atoms with Crippen molar-refractivity contribution >= 4 is 107 Å². The summed E-state index contributed by atoms with van der Waals surface area (Å²) in [4.78, 5) is 23.6. The Morgan fingerprint density at radius 1 is 0.792 bits per heavy atom. The third kappa shape index (κ3) is 9.78. The third-order valence-corrected chi connectivity index (χ3v) is 10.4. The molecule has 5 aromatic carbocycles. The van der Waals surface area contributed by atoms with Crippen molar-refractivity contribution in [1.29, 1.82) is 0 Å². The summed E-state index contributed by atoms with van der Waals surface area (Å²) in [7, 11) is -9.94. The number of hydrogen-bond acceptors (Lipinski definition) is 19. The van der Waals surface area contributed by atoms with Crippen molar-refractivity contribution in [3.8, 4) is 5.75 Å². The van der Waals surface area contributed by atoms with E-state index < -0.39 is 59.0 Å². The Kier molecular flexibility index (Phi) is 12.9. The molecule has 0 atom stereocenters. The molecule has 53 heavy (non-hydrogen) atoms. The number of azo groups is 1. The fourth-order valence-corrected chi connectivity index (χ4v) is 7.41. The van der Waals surface area contributed by atoms with E-state index in [0.29, 0.717) is 29.5 Å². The van der Waals surface area contributed by atoms with Crippen LogP contribution in [0.1, 0.15) is 10.4 Å². The molecule has 0 spiro atoms. The summed E-state index contributed by atoms with van der Waals surface area (Å²) in [5.74, 6) is -2.71. The standard InChI is InChI=1S/C29H21N3O16S5/c33-24(14-49-47-45-36)44-50-18-8-6-15-7-9-21(28(20(15)12-18)53(41,42)43)31-32-26-23(51-48-46-37)11-17-10-19(52(38,39)40)13-22(25(17)27(26)34)30-29(35)16-4-2-1-3-5-16/h1-13,34,36-37H,14H2,(H,30,35)(H,38,39,40)(H,41,42,43). The van der Waals surface area contributed by atoms with E-state index in [0.717, 1.165) is 18.2 Å². The first kappa shape index (κ1) is 39.8. The normalized spacial score (nSPS) is 12.1. The first-order valence-electron chi connectivity index (χ1n) is 14.0. The fourth-order valence-electron chi connectivity index (χ4n) is 4.68. The smallest absolute Gasteiger partial charge is 0.330 e. The van der Waals surface area contributed by atoms with Crippen LogP contribution in [-0.2, 0) is 48.0 Å². The fraction of sp³-hybridized carbons (Fsp3) is 0.0345. The van der Waals surface area contributed by atoms with Gasteiger partial charge in [0, 0.05) is 33.3 Å². The lowest BCUT2D eigenvalue weighted by atomic mass is 10.1. The molecule has 24 heteroatoms. The summed E-state index contributed by atoms with van der Waals surface area (Å²) >= 11 is 1.21. The van der Waals surface area contributed by atoms with Crippen LogP contribution in [0.15, 0.2) is 109 Å². The van der Waals surface area contributed by atoms with Gasteiger partial charge in [-0.2, -0.15) is 16.8 Å². The molecule has 278 valence electrons. The van der Waals surface area contributed by atoms with Crippen LogP contribution in [0.2, 0.25) is 0 Å². The van der Waals surface area contributed by atoms with E-state index >= 15 is 0 Å². The van der Waals surface area contributed by atoms with Crippen LogP contribution in [-0.4, -0.2) is 59.2 Å². The Morgan fingerprint density at radius 2 is 1.51 bits per heavy atom. The molecule has 0 aromatic heterocycles. The van der Waals surface area contributed by atoms with Crippen LogP contribution in [0.4, 0.5) is 17.1 Å². The summed E-state index contributed by atoms with van der Waals surface area (Å²) in [5.41, 5.74) is -1.10. The number of nitrogens with one attached hydrogen (secondary N) is 1. The number of nitrogens with zero attached hydrogens (tertiary/aromatic N) is 2. The molecule has 0 saturated carbocycles. The van der Waals surface area contributed by atoms with Crippen LogP contribution in [0, 0.1) is 0 Å². The Hall–Kier alpha value is -4.41. The van der Waals surface area contributed by atoms with Gasteiger partial charge in [-0.25, -0.2) is 10.5 Å². The third-order valence-electron chi connectivity index (χ3n) is 6.78. The average Bonchev–Trinajstić information content (AvgIpc) is 3.11. The number of benzene rings is 5. The molecule has 0 aliphatic carbocycles. The molecule has 0 saturated heterocycles. The minimum absolute atomic E-state index is 0.0885. The largest absolute Gasteiger partial charge is 0.505 e. The number of phenols is 1. The maximum absolute atomic E-state index is 13.1. The van der Waals surface area contributed by atoms with Gasteiger partial charge in [0.25, 0.3) is 26.1 Å². The van der Waals surface area contributed by atoms with E-state index in [9.17, 15) is 40.6 Å². The summed E-state index contributed by atoms with van der Waals surface area (Å²) in [5, 5.41) is 45.9. The van der Waals surface area contributed by atoms with Gasteiger partial charge >= 0.3 is 5.97 Å². The zero-order valence-electron chi connectivity index (χ0n) is 25.9. The number of hydrogen-bond donors (Lipinski definition) is 6. The number of amides is 1. The molecule has 5 aromatic rings. The molecule has 0 aliphatic heterocycles. The molecule has 0 bridgehead atoms. The van der Waals surface area contributed by atoms with Crippen LogP contribution in [0.3, 0.4) is 0 Å². The highest BCUT2D eigenvalue weighted by molar-refractivity contribution is 7.96. The number of carbonyl (C=O) groups excluding carboxylic acids is 2. The van der Waals surface area contributed by atoms with E-state index in [2.05, 4.69) is 34.3 Å². The van der Waals surface area contributed by atoms with E-state index in [-0.39, 0.29) is 55.0 Å². The monoisotopic (exact) mass is 827 g/mol. The van der Waals surface area contributed by atoms with Crippen molar-refractivity contribution in [2.75, 3.05) is 11.1 Å². The molecule has 5 rings (SSSR count). The van der Waals surface area contributed by atoms with Crippen LogP contribution in [0.5, 0.6) is 5.75 Å². The first-order valence-corrected chi connectivity index (χ1v) is 19.2. The number of carbonyl (C=O) groups is 2. The molecule has 0 heterocycles. The van der Waals surface area contributed by atoms with Gasteiger partial charge in [-0.15, -0.1) is 18.9 Å². The molecule has 0 fully saturated rings. The van der Waals surface area contributed by atoms with Crippen molar-refractivity contribution in [2.45, 2.75) is 19.6 Å². The lowest BCUT2D eigenvalue weighted by Gasteiger charge is -2.15. The molecule has 1 amide bonds. The number of aromatic hydroxyl groups is 1. The van der Waals surface area contributed by atoms with Crippen LogP contribution in [0.25, 0.3) is 21.5 Å². The SMILES string of the molecule is O=C(CSOOO)OSc1ccc2ccc(N=Nc3c(SOOO)cc4cc(S(=O)(=O)O)cc(NC(=O)c5ccccc5)c4c3O)c(S(=O)(=O)O)c2c1. The highest BCUT2D eigenvalue weighted by atomic mass is 32.2. The molecule has 6 N–H and O–H groups in total. The topological polar surface area (TPSA) is 286 Å². The Labute approximate surface area is 310 Å². The van der Waals surface area contributed by atoms with Gasteiger partial charge in [0.2, 0.25) is 0 Å². The quantitative estimate of drug-likeness (QED) is 0.0156. The lowest BCUT2D eigenvalue weighted by Crippen LogP contribution is -2.13. The van der Waals surface area contributed by atoms with Crippen molar-refractivity contribution in [3.05, 3.63) is 84.4 Å². The summed E-state index contributed by atoms with van der Waals surface area (Å²) in [6.45, 7) is 0. The number of anilines is 1. The highest BCUT2D eigenvalue weighted by Crippen LogP contribution is 2.47. The van der Waals surface area contributed by atoms with E-state index in [1.54, 1.807) is 18.2 Å². The predicted molar refractivity (Wildman–Crippen MR) is 188 cm³/mol. The molecule has 0 radical (unpaired) electrons. The van der Waals surface area contributed by atoms with Crippen molar-refractivity contribution in [1.82, 2.24) is 0 Å². The number of rotatable bonds is 15.